The van der Waals surface area contributed by atoms with E-state index in [1.807, 2.05) is 48.5 Å². The fraction of sp³-hybridized carbons (Fsp3) is 0.323. The number of imide groups is 1. The highest BCUT2D eigenvalue weighted by Gasteiger charge is 2.72. The number of carbonyl (C=O) groups excluding carboxylic acids is 3. The number of amides is 2. The Bertz CT molecular complexity index is 1330. The summed E-state index contributed by atoms with van der Waals surface area (Å²) in [5.41, 5.74) is 4.47. The number of esters is 1. The lowest BCUT2D eigenvalue weighted by Gasteiger charge is -2.55. The second-order valence-corrected chi connectivity index (χ2v) is 12.8. The first-order valence-electron chi connectivity index (χ1n) is 13.1. The molecule has 1 aliphatic heterocycles. The van der Waals surface area contributed by atoms with E-state index in [4.69, 9.17) is 4.74 Å². The Morgan fingerprint density at radius 2 is 1.24 bits per heavy atom. The first-order chi connectivity index (χ1) is 18.3. The highest BCUT2D eigenvalue weighted by atomic mass is 79.9. The van der Waals surface area contributed by atoms with Crippen molar-refractivity contribution in [1.82, 2.24) is 0 Å². The predicted molar refractivity (Wildman–Crippen MR) is 153 cm³/mol. The van der Waals surface area contributed by atoms with Crippen LogP contribution in [0.15, 0.2) is 72.8 Å². The zero-order valence-corrected chi connectivity index (χ0v) is 24.1. The quantitative estimate of drug-likeness (QED) is 0.0924. The topological polar surface area (TPSA) is 63.7 Å². The lowest BCUT2D eigenvalue weighted by molar-refractivity contribution is -0.134. The molecule has 0 unspecified atom stereocenters. The number of unbranched alkanes of at least 4 members (excludes halogenated alkanes) is 3. The van der Waals surface area contributed by atoms with E-state index in [1.54, 1.807) is 24.3 Å². The number of benzene rings is 3. The van der Waals surface area contributed by atoms with Crippen LogP contribution in [0.2, 0.25) is 0 Å². The Hall–Kier alpha value is -2.77. The number of alkyl halides is 2. The van der Waals surface area contributed by atoms with Gasteiger partial charge in [0, 0.05) is 6.42 Å². The average molecular weight is 637 g/mol. The molecule has 38 heavy (non-hydrogen) atoms. The van der Waals surface area contributed by atoms with Crippen molar-refractivity contribution in [1.29, 1.82) is 0 Å². The number of hydrogen-bond donors (Lipinski definition) is 0. The largest absolute Gasteiger partial charge is 0.427 e. The van der Waals surface area contributed by atoms with Crippen molar-refractivity contribution in [3.05, 3.63) is 95.1 Å². The van der Waals surface area contributed by atoms with Gasteiger partial charge in [-0.3, -0.25) is 14.4 Å². The van der Waals surface area contributed by atoms with E-state index >= 15 is 0 Å². The van der Waals surface area contributed by atoms with E-state index < -0.39 is 20.5 Å². The Kier molecular flexibility index (Phi) is 6.35. The van der Waals surface area contributed by atoms with E-state index in [0.717, 1.165) is 47.9 Å². The summed E-state index contributed by atoms with van der Waals surface area (Å²) in [6.45, 7) is 2.13. The minimum absolute atomic E-state index is 0.245. The van der Waals surface area contributed by atoms with Crippen molar-refractivity contribution in [2.24, 2.45) is 11.8 Å². The van der Waals surface area contributed by atoms with Crippen LogP contribution in [-0.2, 0) is 23.0 Å². The van der Waals surface area contributed by atoms with Crippen molar-refractivity contribution < 1.29 is 19.1 Å². The molecule has 7 heteroatoms. The van der Waals surface area contributed by atoms with Crippen molar-refractivity contribution >= 4 is 55.3 Å². The molecule has 3 aliphatic carbocycles. The number of rotatable bonds is 7. The summed E-state index contributed by atoms with van der Waals surface area (Å²) in [6, 6.07) is 22.7. The van der Waals surface area contributed by atoms with Crippen LogP contribution in [0.4, 0.5) is 5.69 Å². The van der Waals surface area contributed by atoms with Gasteiger partial charge in [0.05, 0.1) is 26.2 Å². The van der Waals surface area contributed by atoms with E-state index in [0.29, 0.717) is 17.9 Å². The highest BCUT2D eigenvalue weighted by Crippen LogP contribution is 2.70. The predicted octanol–water partition coefficient (Wildman–Crippen LogP) is 6.97. The lowest BCUT2D eigenvalue weighted by Crippen LogP contribution is -2.56. The molecular weight excluding hydrogens is 610 g/mol. The molecule has 2 atom stereocenters. The van der Waals surface area contributed by atoms with E-state index in [1.165, 1.54) is 4.90 Å². The van der Waals surface area contributed by atoms with Gasteiger partial charge in [-0.15, -0.1) is 0 Å². The molecule has 2 bridgehead atoms. The molecule has 1 saturated heterocycles. The minimum Gasteiger partial charge on any atom is -0.427 e. The third-order valence-corrected chi connectivity index (χ3v) is 10.8. The summed E-state index contributed by atoms with van der Waals surface area (Å²) in [5.74, 6) is -1.61. The van der Waals surface area contributed by atoms with Crippen molar-refractivity contribution in [2.45, 2.75) is 47.7 Å². The van der Waals surface area contributed by atoms with Crippen LogP contribution in [0, 0.1) is 11.8 Å². The molecule has 5 nitrogen and oxygen atoms in total. The molecule has 4 aliphatic rings. The van der Waals surface area contributed by atoms with Gasteiger partial charge in [-0.25, -0.2) is 4.90 Å². The first kappa shape index (κ1) is 25.5. The van der Waals surface area contributed by atoms with Gasteiger partial charge < -0.3 is 4.74 Å². The molecule has 3 aromatic rings. The molecule has 1 fully saturated rings. The Morgan fingerprint density at radius 3 is 1.68 bits per heavy atom. The second kappa shape index (κ2) is 9.45. The van der Waals surface area contributed by atoms with Crippen LogP contribution >= 0.6 is 31.9 Å². The van der Waals surface area contributed by atoms with Crippen LogP contribution < -0.4 is 9.64 Å². The summed E-state index contributed by atoms with van der Waals surface area (Å²) in [4.78, 5) is 41.7. The Balaban J connectivity index is 1.33. The van der Waals surface area contributed by atoms with Crippen LogP contribution in [-0.4, -0.2) is 17.8 Å². The SMILES string of the molecule is CCCCCCC(=O)Oc1ccc(N2C(=O)[C@H]3[C@H](C2=O)C2(Br)c4ccccc4C3(Br)c3ccccc32)cc1. The van der Waals surface area contributed by atoms with E-state index in [-0.39, 0.29) is 17.8 Å². The third kappa shape index (κ3) is 3.51. The lowest BCUT2D eigenvalue weighted by atomic mass is 9.54. The van der Waals surface area contributed by atoms with Gasteiger partial charge in [-0.1, -0.05) is 107 Å². The van der Waals surface area contributed by atoms with Crippen LogP contribution in [0.5, 0.6) is 5.75 Å². The molecule has 7 rings (SSSR count). The molecule has 194 valence electrons. The van der Waals surface area contributed by atoms with Gasteiger partial charge in [0.15, 0.2) is 0 Å². The molecular formula is C31H27Br2NO4. The van der Waals surface area contributed by atoms with Crippen LogP contribution in [0.3, 0.4) is 0 Å². The van der Waals surface area contributed by atoms with Gasteiger partial charge in [-0.05, 0) is 52.9 Å². The maximum absolute atomic E-state index is 14.1. The van der Waals surface area contributed by atoms with Crippen molar-refractivity contribution in [3.8, 4) is 5.75 Å². The summed E-state index contributed by atoms with van der Waals surface area (Å²) < 4.78 is 3.83. The summed E-state index contributed by atoms with van der Waals surface area (Å²) in [7, 11) is 0. The summed E-state index contributed by atoms with van der Waals surface area (Å²) in [5, 5.41) is 0. The maximum Gasteiger partial charge on any atom is 0.311 e. The summed E-state index contributed by atoms with van der Waals surface area (Å²) in [6.07, 6.45) is 4.39. The van der Waals surface area contributed by atoms with Gasteiger partial charge >= 0.3 is 5.97 Å². The number of carbonyl (C=O) groups is 3. The van der Waals surface area contributed by atoms with Gasteiger partial charge in [-0.2, -0.15) is 0 Å². The molecule has 0 aromatic heterocycles. The normalized spacial score (nSPS) is 26.7. The van der Waals surface area contributed by atoms with Gasteiger partial charge in [0.25, 0.3) is 0 Å². The maximum atomic E-state index is 14.1. The zero-order valence-electron chi connectivity index (χ0n) is 21.0. The third-order valence-electron chi connectivity index (χ3n) is 8.15. The van der Waals surface area contributed by atoms with Gasteiger partial charge in [0.2, 0.25) is 11.8 Å². The van der Waals surface area contributed by atoms with Crippen molar-refractivity contribution in [3.63, 3.8) is 0 Å². The molecule has 3 aromatic carbocycles. The monoisotopic (exact) mass is 635 g/mol. The Morgan fingerprint density at radius 1 is 0.763 bits per heavy atom. The van der Waals surface area contributed by atoms with E-state index in [9.17, 15) is 14.4 Å². The van der Waals surface area contributed by atoms with E-state index in [2.05, 4.69) is 38.8 Å². The van der Waals surface area contributed by atoms with Crippen molar-refractivity contribution in [2.75, 3.05) is 4.90 Å². The Labute approximate surface area is 238 Å². The van der Waals surface area contributed by atoms with Gasteiger partial charge in [0.1, 0.15) is 5.75 Å². The molecule has 0 spiro atoms. The molecule has 1 heterocycles. The first-order valence-corrected chi connectivity index (χ1v) is 14.7. The number of halogens is 2. The molecule has 0 saturated carbocycles. The molecule has 2 amide bonds. The molecule has 0 N–H and O–H groups in total. The fourth-order valence-corrected chi connectivity index (χ4v) is 8.77. The molecule has 0 radical (unpaired) electrons. The van der Waals surface area contributed by atoms with Crippen LogP contribution in [0.25, 0.3) is 0 Å². The highest BCUT2D eigenvalue weighted by molar-refractivity contribution is 9.10. The fourth-order valence-electron chi connectivity index (χ4n) is 6.46. The second-order valence-electron chi connectivity index (χ2n) is 10.3. The number of hydrogen-bond acceptors (Lipinski definition) is 4. The summed E-state index contributed by atoms with van der Waals surface area (Å²) >= 11 is 8.04. The number of nitrogens with zero attached hydrogens (tertiary/aromatic N) is 1. The standard InChI is InChI=1S/C31H27Br2NO4/c1-2-3-4-5-14-25(35)38-20-17-15-19(16-18-20)34-28(36)26-27(29(34)37)31(33)22-11-7-6-10-21(22)30(26,32)23-12-8-9-13-24(23)31/h6-13,15-18,26-27H,2-5,14H2,1H3/t26-,27-,30?,31?/m1/s1. The van der Waals surface area contributed by atoms with Crippen LogP contribution in [0.1, 0.15) is 61.3 Å². The smallest absolute Gasteiger partial charge is 0.311 e. The zero-order chi connectivity index (χ0) is 26.7. The average Bonchev–Trinajstić information content (AvgIpc) is 3.21. The number of anilines is 1. The minimum atomic E-state index is -0.824. The number of ether oxygens (including phenoxy) is 1.